The molecule has 0 saturated carbocycles. The van der Waals surface area contributed by atoms with Crippen molar-refractivity contribution in [3.63, 3.8) is 0 Å². The number of fused-ring (bicyclic) bond motifs is 6. The van der Waals surface area contributed by atoms with Gasteiger partial charge in [-0.15, -0.1) is 0 Å². The minimum absolute atomic E-state index is 0.209. The van der Waals surface area contributed by atoms with Crippen LogP contribution >= 0.6 is 11.6 Å². The van der Waals surface area contributed by atoms with Crippen LogP contribution in [0.1, 0.15) is 49.9 Å². The molecule has 4 aromatic rings. The van der Waals surface area contributed by atoms with Crippen molar-refractivity contribution in [1.82, 2.24) is 0 Å². The number of para-hydroxylation sites is 1. The lowest BCUT2D eigenvalue weighted by Gasteiger charge is -2.39. The molecular weight excluding hydrogens is 544 g/mol. The molecule has 4 aromatic carbocycles. The zero-order valence-electron chi connectivity index (χ0n) is 23.5. The third-order valence-corrected chi connectivity index (χ3v) is 9.49. The number of nitrogens with one attached hydrogen (secondary N) is 1. The predicted molar refractivity (Wildman–Crippen MR) is 166 cm³/mol. The molecule has 1 spiro atoms. The first-order valence-corrected chi connectivity index (χ1v) is 14.5. The quantitative estimate of drug-likeness (QED) is 0.263. The van der Waals surface area contributed by atoms with Crippen LogP contribution in [0.25, 0.3) is 5.57 Å². The second kappa shape index (κ2) is 9.53. The number of nitrogens with zero attached hydrogens (tertiary/aromatic N) is 1. The van der Waals surface area contributed by atoms with E-state index in [1.54, 1.807) is 36.4 Å². The van der Waals surface area contributed by atoms with Gasteiger partial charge in [-0.05, 0) is 62.2 Å². The highest BCUT2D eigenvalue weighted by Crippen LogP contribution is 2.59. The van der Waals surface area contributed by atoms with E-state index in [1.807, 2.05) is 74.2 Å². The molecule has 0 bridgehead atoms. The molecule has 3 aliphatic heterocycles. The maximum absolute atomic E-state index is 14.9. The Morgan fingerprint density at radius 2 is 1.52 bits per heavy atom. The van der Waals surface area contributed by atoms with E-state index in [2.05, 4.69) is 17.5 Å². The SMILES string of the molecule is CC1=C[C@H]2N(c3ccc(C)cc31)[C@@H](C(=O)c1ccc(C)cc1)[C@@H](C(=O)c1ccccc1Cl)[C@]21C(=O)Nc2ccccc21. The molecule has 1 saturated heterocycles. The molecule has 0 aliphatic carbocycles. The van der Waals surface area contributed by atoms with Gasteiger partial charge in [-0.25, -0.2) is 0 Å². The van der Waals surface area contributed by atoms with Gasteiger partial charge in [-0.2, -0.15) is 0 Å². The number of amides is 1. The predicted octanol–water partition coefficient (Wildman–Crippen LogP) is 7.20. The first-order chi connectivity index (χ1) is 20.2. The Kier molecular flexibility index (Phi) is 6.00. The number of ketones is 2. The van der Waals surface area contributed by atoms with Crippen molar-refractivity contribution < 1.29 is 14.4 Å². The number of carbonyl (C=O) groups is 3. The summed E-state index contributed by atoms with van der Waals surface area (Å²) in [4.78, 5) is 46.2. The summed E-state index contributed by atoms with van der Waals surface area (Å²) in [6, 6.07) is 26.4. The van der Waals surface area contributed by atoms with Gasteiger partial charge in [0.25, 0.3) is 0 Å². The van der Waals surface area contributed by atoms with Crippen LogP contribution in [0.3, 0.4) is 0 Å². The summed E-state index contributed by atoms with van der Waals surface area (Å²) in [5.74, 6) is -1.88. The van der Waals surface area contributed by atoms with Gasteiger partial charge in [0.05, 0.1) is 17.0 Å². The Morgan fingerprint density at radius 1 is 0.833 bits per heavy atom. The van der Waals surface area contributed by atoms with Crippen molar-refractivity contribution in [3.05, 3.63) is 135 Å². The smallest absolute Gasteiger partial charge is 0.238 e. The molecule has 3 heterocycles. The fraction of sp³-hybridized carbons (Fsp3) is 0.194. The second-order valence-electron chi connectivity index (χ2n) is 11.6. The number of hydrogen-bond donors (Lipinski definition) is 1. The van der Waals surface area contributed by atoms with E-state index in [4.69, 9.17) is 11.6 Å². The van der Waals surface area contributed by atoms with Gasteiger partial charge in [-0.3, -0.25) is 14.4 Å². The van der Waals surface area contributed by atoms with E-state index in [9.17, 15) is 14.4 Å². The van der Waals surface area contributed by atoms with E-state index >= 15 is 0 Å². The summed E-state index contributed by atoms with van der Waals surface area (Å²) in [6.07, 6.45) is 2.07. The molecule has 1 N–H and O–H groups in total. The van der Waals surface area contributed by atoms with Gasteiger partial charge in [0, 0.05) is 28.1 Å². The van der Waals surface area contributed by atoms with Crippen molar-refractivity contribution >= 4 is 46.0 Å². The van der Waals surface area contributed by atoms with Crippen molar-refractivity contribution in [2.75, 3.05) is 10.2 Å². The van der Waals surface area contributed by atoms with Crippen LogP contribution < -0.4 is 10.2 Å². The van der Waals surface area contributed by atoms with Crippen LogP contribution in [0.4, 0.5) is 11.4 Å². The van der Waals surface area contributed by atoms with E-state index < -0.39 is 23.4 Å². The van der Waals surface area contributed by atoms with Gasteiger partial charge in [-0.1, -0.05) is 89.5 Å². The summed E-state index contributed by atoms with van der Waals surface area (Å²) >= 11 is 6.63. The van der Waals surface area contributed by atoms with Gasteiger partial charge >= 0.3 is 0 Å². The maximum Gasteiger partial charge on any atom is 0.238 e. The number of benzene rings is 4. The number of halogens is 1. The lowest BCUT2D eigenvalue weighted by molar-refractivity contribution is -0.121. The normalized spacial score (nSPS) is 23.6. The zero-order chi connectivity index (χ0) is 29.3. The average Bonchev–Trinajstić information content (AvgIpc) is 3.45. The van der Waals surface area contributed by atoms with Crippen molar-refractivity contribution in [2.24, 2.45) is 5.92 Å². The summed E-state index contributed by atoms with van der Waals surface area (Å²) < 4.78 is 0. The van der Waals surface area contributed by atoms with Gasteiger partial charge in [0.15, 0.2) is 11.6 Å². The molecule has 1 amide bonds. The minimum Gasteiger partial charge on any atom is -0.352 e. The first kappa shape index (κ1) is 26.4. The van der Waals surface area contributed by atoms with Crippen molar-refractivity contribution in [2.45, 2.75) is 38.3 Å². The van der Waals surface area contributed by atoms with E-state index in [1.165, 1.54) is 0 Å². The van der Waals surface area contributed by atoms with E-state index in [0.29, 0.717) is 27.4 Å². The number of Topliss-reactive ketones (excluding diaryl/α,β-unsaturated/α-hetero) is 2. The molecule has 1 fully saturated rings. The largest absolute Gasteiger partial charge is 0.352 e. The summed E-state index contributed by atoms with van der Waals surface area (Å²) in [5, 5.41) is 3.37. The fourth-order valence-corrected chi connectivity index (χ4v) is 7.49. The van der Waals surface area contributed by atoms with Crippen LogP contribution in [-0.4, -0.2) is 29.6 Å². The molecule has 0 unspecified atom stereocenters. The molecule has 42 heavy (non-hydrogen) atoms. The zero-order valence-corrected chi connectivity index (χ0v) is 24.3. The number of anilines is 2. The Hall–Kier alpha value is -4.48. The van der Waals surface area contributed by atoms with Crippen LogP contribution in [0.5, 0.6) is 0 Å². The Bertz CT molecular complexity index is 1840. The summed E-state index contributed by atoms with van der Waals surface area (Å²) in [7, 11) is 0. The molecule has 0 radical (unpaired) electrons. The topological polar surface area (TPSA) is 66.5 Å². The van der Waals surface area contributed by atoms with Crippen molar-refractivity contribution in [3.8, 4) is 0 Å². The molecular formula is C36H29ClN2O3. The second-order valence-corrected chi connectivity index (χ2v) is 12.0. The number of aryl methyl sites for hydroxylation is 2. The molecule has 7 rings (SSSR count). The third kappa shape index (κ3) is 3.59. The summed E-state index contributed by atoms with van der Waals surface area (Å²) in [5.41, 5.74) is 5.72. The number of hydrogen-bond acceptors (Lipinski definition) is 4. The third-order valence-electron chi connectivity index (χ3n) is 9.16. The molecule has 3 aliphatic rings. The van der Waals surface area contributed by atoms with Crippen LogP contribution in [-0.2, 0) is 10.2 Å². The Balaban J connectivity index is 1.57. The van der Waals surface area contributed by atoms with Gasteiger partial charge < -0.3 is 10.2 Å². The average molecular weight is 573 g/mol. The van der Waals surface area contributed by atoms with Gasteiger partial charge in [0.1, 0.15) is 11.5 Å². The molecule has 6 heteroatoms. The van der Waals surface area contributed by atoms with E-state index in [-0.39, 0.29) is 17.5 Å². The van der Waals surface area contributed by atoms with Crippen LogP contribution in [0, 0.1) is 19.8 Å². The Morgan fingerprint density at radius 3 is 2.29 bits per heavy atom. The lowest BCUT2D eigenvalue weighted by Crippen LogP contribution is -2.51. The number of carbonyl (C=O) groups excluding carboxylic acids is 3. The van der Waals surface area contributed by atoms with Gasteiger partial charge in [0.2, 0.25) is 5.91 Å². The summed E-state index contributed by atoms with van der Waals surface area (Å²) in [6.45, 7) is 6.03. The molecule has 0 aromatic heterocycles. The fourth-order valence-electron chi connectivity index (χ4n) is 7.26. The highest BCUT2D eigenvalue weighted by Gasteiger charge is 2.70. The standard InChI is InChI=1S/C36H29ClN2O3/c1-20-12-15-23(16-13-20)33(40)32-31(34(41)24-8-4-6-10-27(24)37)36(26-9-5-7-11-28(26)38-35(36)42)30-19-22(3)25-18-21(2)14-17-29(25)39(30)32/h4-19,30-32H,1-3H3,(H,38,42)/t30-,31+,32-,36-/m1/s1. The van der Waals surface area contributed by atoms with Crippen LogP contribution in [0.15, 0.2) is 97.1 Å². The van der Waals surface area contributed by atoms with E-state index in [0.717, 1.165) is 28.0 Å². The van der Waals surface area contributed by atoms with Crippen molar-refractivity contribution in [1.29, 1.82) is 0 Å². The number of allylic oxidation sites excluding steroid dienone is 1. The monoisotopic (exact) mass is 572 g/mol. The highest BCUT2D eigenvalue weighted by atomic mass is 35.5. The maximum atomic E-state index is 14.9. The molecule has 5 nitrogen and oxygen atoms in total. The minimum atomic E-state index is -1.37. The molecule has 4 atom stereocenters. The highest BCUT2D eigenvalue weighted by molar-refractivity contribution is 6.34. The van der Waals surface area contributed by atoms with Crippen LogP contribution in [0.2, 0.25) is 5.02 Å². The lowest BCUT2D eigenvalue weighted by atomic mass is 9.64. The number of rotatable bonds is 4. The first-order valence-electron chi connectivity index (χ1n) is 14.1. The molecule has 208 valence electrons. The Labute approximate surface area is 249 Å².